The molecule has 130 valence electrons. The molecule has 11 aliphatic rings. The molecule has 1 aliphatic heterocycles. The lowest BCUT2D eigenvalue weighted by atomic mass is 9.63. The lowest BCUT2D eigenvalue weighted by molar-refractivity contribution is -0.177. The second-order valence-electron chi connectivity index (χ2n) is 12.6. The Morgan fingerprint density at radius 1 is 0.480 bits per heavy atom. The maximum absolute atomic E-state index is 6.46. The monoisotopic (exact) mass is 334 g/mol. The molecule has 10 aliphatic carbocycles. The first-order chi connectivity index (χ1) is 12.4. The van der Waals surface area contributed by atoms with Crippen molar-refractivity contribution < 1.29 is 9.47 Å². The summed E-state index contributed by atoms with van der Waals surface area (Å²) in [7, 11) is 0. The third kappa shape index (κ3) is 0.713. The predicted octanol–water partition coefficient (Wildman–Crippen LogP) is 2.74. The summed E-state index contributed by atoms with van der Waals surface area (Å²) in [6, 6.07) is 0. The van der Waals surface area contributed by atoms with Gasteiger partial charge in [0.1, 0.15) is 0 Å². The van der Waals surface area contributed by atoms with E-state index in [1.807, 2.05) is 0 Å². The van der Waals surface area contributed by atoms with Crippen molar-refractivity contribution in [2.45, 2.75) is 19.1 Å². The number of hydrogen-bond acceptors (Lipinski definition) is 2. The van der Waals surface area contributed by atoms with E-state index in [4.69, 9.17) is 9.47 Å². The fourth-order valence-corrected chi connectivity index (χ4v) is 15.5. The van der Waals surface area contributed by atoms with Gasteiger partial charge in [0.2, 0.25) is 0 Å². The van der Waals surface area contributed by atoms with Gasteiger partial charge in [-0.05, 0) is 113 Å². The van der Waals surface area contributed by atoms with Gasteiger partial charge in [0, 0.05) is 5.41 Å². The maximum atomic E-state index is 6.46. The quantitative estimate of drug-likeness (QED) is 0.734. The van der Waals surface area contributed by atoms with Gasteiger partial charge < -0.3 is 9.47 Å². The molecule has 2 nitrogen and oxygen atoms in total. The minimum absolute atomic E-state index is 0.220. The van der Waals surface area contributed by atoms with Crippen molar-refractivity contribution in [3.05, 3.63) is 0 Å². The Kier molecular flexibility index (Phi) is 1.35. The highest BCUT2D eigenvalue weighted by atomic mass is 16.7. The summed E-state index contributed by atoms with van der Waals surface area (Å²) < 4.78 is 12.9. The fraction of sp³-hybridized carbons (Fsp3) is 1.00. The first-order valence-electron chi connectivity index (χ1n) is 11.7. The smallest absolute Gasteiger partial charge is 0.164 e. The number of hydrogen-bond donors (Lipinski definition) is 0. The molecule has 10 saturated carbocycles. The summed E-state index contributed by atoms with van der Waals surface area (Å²) in [5.41, 5.74) is 0.515. The molecular weight excluding hydrogens is 308 g/mol. The van der Waals surface area contributed by atoms with Crippen molar-refractivity contribution in [3.8, 4) is 0 Å². The summed E-state index contributed by atoms with van der Waals surface area (Å²) >= 11 is 0. The fourth-order valence-electron chi connectivity index (χ4n) is 15.5. The van der Waals surface area contributed by atoms with Gasteiger partial charge in [0.15, 0.2) is 6.29 Å². The molecule has 0 spiro atoms. The van der Waals surface area contributed by atoms with Crippen LogP contribution >= 0.6 is 0 Å². The highest BCUT2D eigenvalue weighted by Crippen LogP contribution is 2.99. The van der Waals surface area contributed by atoms with E-state index in [0.717, 1.165) is 66.5 Å². The van der Waals surface area contributed by atoms with Crippen molar-refractivity contribution in [1.29, 1.82) is 0 Å². The largest absolute Gasteiger partial charge is 0.350 e. The Labute approximate surface area is 148 Å². The molecule has 0 aromatic rings. The van der Waals surface area contributed by atoms with Crippen LogP contribution in [0.2, 0.25) is 0 Å². The standard InChI is InChI=1S/C23H26O2/c1-2-25-22(24-1)23-19-7-3-5-9-6-4-8(19)13-11(6)16-14(9)15-10(5)12(7)20(23)17(15)18(16)21(13)23/h5-22H,1-4H2/t5-,6+,7-,8-,9?,10+,11-,12-,13-,14?,15+,16-,17+,18+,19?,20-,21+,23?/m1/s1. The third-order valence-electron chi connectivity index (χ3n) is 13.8. The van der Waals surface area contributed by atoms with E-state index in [1.54, 1.807) is 12.8 Å². The molecule has 0 radical (unpaired) electrons. The molecule has 11 fully saturated rings. The van der Waals surface area contributed by atoms with Gasteiger partial charge in [-0.25, -0.2) is 0 Å². The highest BCUT2D eigenvalue weighted by molar-refractivity contribution is 5.43. The van der Waals surface area contributed by atoms with Crippen LogP contribution in [0.3, 0.4) is 0 Å². The highest BCUT2D eigenvalue weighted by Gasteiger charge is 2.97. The van der Waals surface area contributed by atoms with Crippen molar-refractivity contribution in [1.82, 2.24) is 0 Å². The van der Waals surface area contributed by atoms with E-state index >= 15 is 0 Å². The van der Waals surface area contributed by atoms with E-state index in [2.05, 4.69) is 0 Å². The van der Waals surface area contributed by atoms with Gasteiger partial charge in [0.25, 0.3) is 0 Å². The Balaban J connectivity index is 1.34. The zero-order valence-electron chi connectivity index (χ0n) is 14.5. The van der Waals surface area contributed by atoms with Crippen LogP contribution in [0.1, 0.15) is 12.8 Å². The van der Waals surface area contributed by atoms with Crippen LogP contribution in [0.4, 0.5) is 0 Å². The first kappa shape index (κ1) is 11.7. The summed E-state index contributed by atoms with van der Waals surface area (Å²) in [6.07, 6.45) is 3.54. The molecule has 18 atom stereocenters. The molecule has 0 bridgehead atoms. The van der Waals surface area contributed by atoms with Gasteiger partial charge in [-0.1, -0.05) is 0 Å². The van der Waals surface area contributed by atoms with Gasteiger partial charge in [-0.3, -0.25) is 0 Å². The van der Waals surface area contributed by atoms with Crippen LogP contribution in [0.25, 0.3) is 0 Å². The average Bonchev–Trinajstić information content (AvgIpc) is 3.32. The van der Waals surface area contributed by atoms with E-state index in [1.165, 1.54) is 47.3 Å². The molecule has 0 amide bonds. The van der Waals surface area contributed by atoms with Crippen molar-refractivity contribution in [3.63, 3.8) is 0 Å². The molecule has 2 heteroatoms. The van der Waals surface area contributed by atoms with Crippen molar-refractivity contribution in [2.75, 3.05) is 13.2 Å². The first-order valence-corrected chi connectivity index (χ1v) is 11.7. The molecule has 11 rings (SSSR count). The van der Waals surface area contributed by atoms with Gasteiger partial charge >= 0.3 is 0 Å². The van der Waals surface area contributed by atoms with Gasteiger partial charge in [-0.15, -0.1) is 0 Å². The Morgan fingerprint density at radius 3 is 1.64 bits per heavy atom. The second kappa shape index (κ2) is 2.89. The minimum atomic E-state index is 0.220. The molecular formula is C23H26O2. The lowest BCUT2D eigenvalue weighted by Crippen LogP contribution is -2.47. The predicted molar refractivity (Wildman–Crippen MR) is 86.7 cm³/mol. The van der Waals surface area contributed by atoms with E-state index in [-0.39, 0.29) is 6.29 Å². The van der Waals surface area contributed by atoms with Crippen LogP contribution < -0.4 is 0 Å². The van der Waals surface area contributed by atoms with Crippen LogP contribution in [-0.4, -0.2) is 19.5 Å². The van der Waals surface area contributed by atoms with Crippen molar-refractivity contribution in [2.24, 2.45) is 106 Å². The normalized spacial score (nSPS) is 89.0. The molecule has 0 N–H and O–H groups in total. The summed E-state index contributed by atoms with van der Waals surface area (Å²) in [5, 5.41) is 0. The van der Waals surface area contributed by atoms with E-state index in [0.29, 0.717) is 5.41 Å². The Morgan fingerprint density at radius 2 is 1.04 bits per heavy atom. The third-order valence-corrected chi connectivity index (χ3v) is 13.8. The summed E-state index contributed by atoms with van der Waals surface area (Å²) in [4.78, 5) is 0. The lowest BCUT2D eigenvalue weighted by Gasteiger charge is -2.45. The molecule has 0 aromatic carbocycles. The number of rotatable bonds is 1. The van der Waals surface area contributed by atoms with Crippen LogP contribution in [0.15, 0.2) is 0 Å². The molecule has 25 heavy (non-hydrogen) atoms. The van der Waals surface area contributed by atoms with Crippen LogP contribution in [-0.2, 0) is 9.47 Å². The Bertz CT molecular complexity index is 742. The molecule has 0 aromatic heterocycles. The summed E-state index contributed by atoms with van der Waals surface area (Å²) in [6.45, 7) is 1.77. The Hall–Kier alpha value is -0.0800. The zero-order valence-corrected chi connectivity index (χ0v) is 14.5. The SMILES string of the molecule is C1COC(C23C4[C@@H]5C[C@@H]6C7C8[C@@H]9[C@@H]6[C@@H]5[C@@H]2[C@@H]9[C@@H]2[C@@H]8[C@H]5[C@H]([C@@H]23)[C@H]4C[C@@H]75)O1. The average molecular weight is 334 g/mol. The molecule has 4 unspecified atom stereocenters. The zero-order chi connectivity index (χ0) is 15.1. The van der Waals surface area contributed by atoms with Crippen LogP contribution in [0, 0.1) is 106 Å². The maximum Gasteiger partial charge on any atom is 0.164 e. The van der Waals surface area contributed by atoms with Crippen LogP contribution in [0.5, 0.6) is 0 Å². The minimum Gasteiger partial charge on any atom is -0.350 e. The second-order valence-corrected chi connectivity index (χ2v) is 12.6. The van der Waals surface area contributed by atoms with Gasteiger partial charge in [0.05, 0.1) is 13.2 Å². The van der Waals surface area contributed by atoms with Crippen molar-refractivity contribution >= 4 is 0 Å². The number of fused-ring (bicyclic) bond motifs is 4. The van der Waals surface area contributed by atoms with E-state index < -0.39 is 0 Å². The van der Waals surface area contributed by atoms with Gasteiger partial charge in [-0.2, -0.15) is 0 Å². The van der Waals surface area contributed by atoms with E-state index in [9.17, 15) is 0 Å². The topological polar surface area (TPSA) is 18.5 Å². The summed E-state index contributed by atoms with van der Waals surface area (Å²) in [5.74, 6) is 19.5. The molecule has 1 saturated heterocycles. The molecule has 1 heterocycles. The number of ether oxygens (including phenoxy) is 2.